The maximum atomic E-state index is 5.87. The standard InChI is InChI=1S/C22H22N4O/c1-13(2)11-20-25-26-22(27-20)16-6-3-14-7-8-17(18(14)12-16)21-23-10-9-19(24-21)15-4-5-15/h3,6,8-10,12-13,15H,4-5,7,11H2,1-2H3. The van der Waals surface area contributed by atoms with Gasteiger partial charge < -0.3 is 4.42 Å². The van der Waals surface area contributed by atoms with Crippen molar-refractivity contribution < 1.29 is 4.42 Å². The Balaban J connectivity index is 1.48. The second-order valence-electron chi connectivity index (χ2n) is 7.87. The van der Waals surface area contributed by atoms with Crippen molar-refractivity contribution in [2.45, 2.75) is 45.4 Å². The molecule has 2 aromatic heterocycles. The van der Waals surface area contributed by atoms with Gasteiger partial charge in [-0.3, -0.25) is 0 Å². The Labute approximate surface area is 158 Å². The zero-order chi connectivity index (χ0) is 18.4. The van der Waals surface area contributed by atoms with E-state index in [1.807, 2.05) is 12.3 Å². The van der Waals surface area contributed by atoms with Crippen molar-refractivity contribution in [3.05, 3.63) is 65.1 Å². The van der Waals surface area contributed by atoms with Crippen molar-refractivity contribution in [2.75, 3.05) is 0 Å². The Hall–Kier alpha value is -2.82. The van der Waals surface area contributed by atoms with E-state index in [1.54, 1.807) is 0 Å². The van der Waals surface area contributed by atoms with Crippen LogP contribution in [0.5, 0.6) is 0 Å². The maximum absolute atomic E-state index is 5.87. The van der Waals surface area contributed by atoms with Gasteiger partial charge in [0.15, 0.2) is 5.82 Å². The van der Waals surface area contributed by atoms with E-state index in [2.05, 4.69) is 53.3 Å². The first kappa shape index (κ1) is 16.4. The highest BCUT2D eigenvalue weighted by molar-refractivity contribution is 5.83. The smallest absolute Gasteiger partial charge is 0.247 e. The topological polar surface area (TPSA) is 64.7 Å². The van der Waals surface area contributed by atoms with Crippen LogP contribution in [0.1, 0.15) is 61.1 Å². The molecule has 1 saturated carbocycles. The van der Waals surface area contributed by atoms with Crippen LogP contribution >= 0.6 is 0 Å². The van der Waals surface area contributed by atoms with Crippen molar-refractivity contribution in [3.8, 4) is 11.5 Å². The molecule has 5 rings (SSSR count). The molecule has 136 valence electrons. The van der Waals surface area contributed by atoms with Gasteiger partial charge in [-0.2, -0.15) is 0 Å². The van der Waals surface area contributed by atoms with Gasteiger partial charge in [-0.05, 0) is 54.5 Å². The maximum Gasteiger partial charge on any atom is 0.247 e. The largest absolute Gasteiger partial charge is 0.421 e. The minimum absolute atomic E-state index is 0.490. The number of rotatable bonds is 5. The van der Waals surface area contributed by atoms with Gasteiger partial charge in [0, 0.05) is 35.4 Å². The monoisotopic (exact) mass is 358 g/mol. The molecule has 0 bridgehead atoms. The molecule has 2 aliphatic carbocycles. The summed E-state index contributed by atoms with van der Waals surface area (Å²) in [7, 11) is 0. The van der Waals surface area contributed by atoms with Crippen LogP contribution in [0.3, 0.4) is 0 Å². The normalized spacial score (nSPS) is 15.9. The molecule has 27 heavy (non-hydrogen) atoms. The molecule has 0 spiro atoms. The third kappa shape index (κ3) is 3.18. The van der Waals surface area contributed by atoms with Gasteiger partial charge in [0.05, 0.1) is 0 Å². The third-order valence-corrected chi connectivity index (χ3v) is 5.14. The van der Waals surface area contributed by atoms with Crippen molar-refractivity contribution >= 4 is 5.57 Å². The lowest BCUT2D eigenvalue weighted by molar-refractivity contribution is 0.466. The van der Waals surface area contributed by atoms with Gasteiger partial charge in [0.25, 0.3) is 0 Å². The molecule has 0 amide bonds. The minimum atomic E-state index is 0.490. The Kier molecular flexibility index (Phi) is 3.88. The number of hydrogen-bond donors (Lipinski definition) is 0. The number of aromatic nitrogens is 4. The highest BCUT2D eigenvalue weighted by Crippen LogP contribution is 2.40. The Morgan fingerprint density at radius 2 is 2.04 bits per heavy atom. The molecule has 1 aromatic carbocycles. The van der Waals surface area contributed by atoms with E-state index in [0.29, 0.717) is 23.6 Å². The SMILES string of the molecule is CC(C)Cc1nnc(-c2ccc3c(c2)C(c2nccc(C4CC4)n2)=CC3)o1. The van der Waals surface area contributed by atoms with Gasteiger partial charge in [0.2, 0.25) is 11.8 Å². The van der Waals surface area contributed by atoms with E-state index in [-0.39, 0.29) is 0 Å². The van der Waals surface area contributed by atoms with Crippen molar-refractivity contribution in [3.63, 3.8) is 0 Å². The highest BCUT2D eigenvalue weighted by atomic mass is 16.4. The van der Waals surface area contributed by atoms with Crippen LogP contribution in [0, 0.1) is 5.92 Å². The average molecular weight is 358 g/mol. The lowest BCUT2D eigenvalue weighted by Crippen LogP contribution is -1.98. The van der Waals surface area contributed by atoms with E-state index < -0.39 is 0 Å². The number of hydrogen-bond acceptors (Lipinski definition) is 5. The molecule has 1 fully saturated rings. The van der Waals surface area contributed by atoms with E-state index in [9.17, 15) is 0 Å². The second kappa shape index (κ2) is 6.41. The summed E-state index contributed by atoms with van der Waals surface area (Å²) in [6.45, 7) is 4.29. The Bertz CT molecular complexity index is 1030. The molecule has 0 radical (unpaired) electrons. The molecule has 0 aliphatic heterocycles. The van der Waals surface area contributed by atoms with Crippen LogP contribution < -0.4 is 0 Å². The molecule has 0 atom stereocenters. The highest BCUT2D eigenvalue weighted by Gasteiger charge is 2.26. The molecular formula is C22H22N4O. The summed E-state index contributed by atoms with van der Waals surface area (Å²) in [5.41, 5.74) is 5.68. The number of fused-ring (bicyclic) bond motifs is 1. The fourth-order valence-electron chi connectivity index (χ4n) is 3.58. The summed E-state index contributed by atoms with van der Waals surface area (Å²) in [5, 5.41) is 8.43. The summed E-state index contributed by atoms with van der Waals surface area (Å²) in [6, 6.07) is 8.38. The first-order chi connectivity index (χ1) is 13.2. The molecule has 0 N–H and O–H groups in total. The van der Waals surface area contributed by atoms with E-state index in [4.69, 9.17) is 9.40 Å². The summed E-state index contributed by atoms with van der Waals surface area (Å²) in [4.78, 5) is 9.36. The summed E-state index contributed by atoms with van der Waals surface area (Å²) in [5.74, 6) is 3.20. The predicted molar refractivity (Wildman–Crippen MR) is 103 cm³/mol. The second-order valence-corrected chi connectivity index (χ2v) is 7.87. The van der Waals surface area contributed by atoms with Crippen LogP contribution in [0.25, 0.3) is 17.0 Å². The van der Waals surface area contributed by atoms with Gasteiger partial charge >= 0.3 is 0 Å². The zero-order valence-corrected chi connectivity index (χ0v) is 15.6. The third-order valence-electron chi connectivity index (χ3n) is 5.14. The minimum Gasteiger partial charge on any atom is -0.421 e. The van der Waals surface area contributed by atoms with Gasteiger partial charge in [0.1, 0.15) is 0 Å². The molecule has 0 unspecified atom stereocenters. The number of allylic oxidation sites excluding steroid dienone is 1. The van der Waals surface area contributed by atoms with Crippen LogP contribution in [-0.2, 0) is 12.8 Å². The first-order valence-electron chi connectivity index (χ1n) is 9.67. The predicted octanol–water partition coefficient (Wildman–Crippen LogP) is 4.59. The van der Waals surface area contributed by atoms with Crippen LogP contribution in [0.15, 0.2) is 41.0 Å². The number of benzene rings is 1. The molecule has 5 heteroatoms. The fourth-order valence-corrected chi connectivity index (χ4v) is 3.58. The number of nitrogens with zero attached hydrogens (tertiary/aromatic N) is 4. The molecule has 5 nitrogen and oxygen atoms in total. The van der Waals surface area contributed by atoms with Crippen LogP contribution in [0.4, 0.5) is 0 Å². The van der Waals surface area contributed by atoms with E-state index >= 15 is 0 Å². The van der Waals surface area contributed by atoms with Gasteiger partial charge in [-0.1, -0.05) is 26.0 Å². The van der Waals surface area contributed by atoms with Crippen molar-refractivity contribution in [1.29, 1.82) is 0 Å². The van der Waals surface area contributed by atoms with E-state index in [0.717, 1.165) is 29.8 Å². The first-order valence-corrected chi connectivity index (χ1v) is 9.67. The van der Waals surface area contributed by atoms with Crippen LogP contribution in [0.2, 0.25) is 0 Å². The molecule has 2 aliphatic rings. The molecule has 0 saturated heterocycles. The zero-order valence-electron chi connectivity index (χ0n) is 15.6. The van der Waals surface area contributed by atoms with Crippen LogP contribution in [-0.4, -0.2) is 20.2 Å². The van der Waals surface area contributed by atoms with Gasteiger partial charge in [-0.15, -0.1) is 10.2 Å². The summed E-state index contributed by atoms with van der Waals surface area (Å²) < 4.78 is 5.87. The Morgan fingerprint density at radius 3 is 2.85 bits per heavy atom. The lowest BCUT2D eigenvalue weighted by Gasteiger charge is -2.07. The molecule has 3 aromatic rings. The van der Waals surface area contributed by atoms with Crippen molar-refractivity contribution in [1.82, 2.24) is 20.2 Å². The van der Waals surface area contributed by atoms with E-state index in [1.165, 1.54) is 29.7 Å². The Morgan fingerprint density at radius 1 is 1.15 bits per heavy atom. The summed E-state index contributed by atoms with van der Waals surface area (Å²) >= 11 is 0. The molecular weight excluding hydrogens is 336 g/mol. The lowest BCUT2D eigenvalue weighted by atomic mass is 10.0. The fraction of sp³-hybridized carbons (Fsp3) is 0.364. The quantitative estimate of drug-likeness (QED) is 0.667. The van der Waals surface area contributed by atoms with Gasteiger partial charge in [-0.25, -0.2) is 9.97 Å². The average Bonchev–Trinajstić information content (AvgIpc) is 3.28. The van der Waals surface area contributed by atoms with Crippen molar-refractivity contribution in [2.24, 2.45) is 5.92 Å². The molecule has 2 heterocycles. The summed E-state index contributed by atoms with van der Waals surface area (Å²) in [6.07, 6.45) is 8.29.